The summed E-state index contributed by atoms with van der Waals surface area (Å²) < 4.78 is 34.5. The Labute approximate surface area is 181 Å². The van der Waals surface area contributed by atoms with E-state index in [2.05, 4.69) is 31.5 Å². The first kappa shape index (κ1) is 21.3. The summed E-state index contributed by atoms with van der Waals surface area (Å²) in [6, 6.07) is 7.98. The molecule has 31 heavy (non-hydrogen) atoms. The van der Waals surface area contributed by atoms with Crippen molar-refractivity contribution in [2.24, 2.45) is 0 Å². The number of nitrogens with one attached hydrogen (secondary N) is 2. The number of fused-ring (bicyclic) bond motifs is 1. The molecule has 1 aliphatic carbocycles. The Hall–Kier alpha value is -2.98. The number of hydrogen-bond donors (Lipinski definition) is 2. The molecule has 4 rings (SSSR count). The zero-order chi connectivity index (χ0) is 22.0. The highest BCUT2D eigenvalue weighted by Crippen LogP contribution is 2.39. The van der Waals surface area contributed by atoms with E-state index in [1.807, 2.05) is 25.1 Å². The fourth-order valence-corrected chi connectivity index (χ4v) is 4.21. The first-order chi connectivity index (χ1) is 14.8. The lowest BCUT2D eigenvalue weighted by molar-refractivity contribution is 0.0890. The Morgan fingerprint density at radius 1 is 1.26 bits per heavy atom. The molecular weight excluding hydrogens is 418 g/mol. The number of H-pyrrole nitrogens is 1. The zero-order valence-electron chi connectivity index (χ0n) is 17.7. The highest BCUT2D eigenvalue weighted by atomic mass is 32.2. The molecule has 2 N–H and O–H groups in total. The number of ether oxygens (including phenoxy) is 2. The van der Waals surface area contributed by atoms with Gasteiger partial charge in [0.05, 0.1) is 12.3 Å². The van der Waals surface area contributed by atoms with Crippen LogP contribution in [0.1, 0.15) is 24.5 Å². The molecular formula is C21H25N5O4S. The van der Waals surface area contributed by atoms with Gasteiger partial charge in [-0.2, -0.15) is 4.98 Å². The minimum atomic E-state index is -3.47. The quantitative estimate of drug-likeness (QED) is 0.545. The summed E-state index contributed by atoms with van der Waals surface area (Å²) in [7, 11) is -1.84. The SMILES string of the molecule is COCC(C)Oc1cc(-c2ccc3c(c2Nc2n[nH]c(S(C)(=O)=O)n2)CCC3)ccn1. The van der Waals surface area contributed by atoms with Crippen molar-refractivity contribution >= 4 is 21.5 Å². The maximum Gasteiger partial charge on any atom is 0.247 e. The topological polar surface area (TPSA) is 119 Å². The molecule has 1 aromatic carbocycles. The van der Waals surface area contributed by atoms with Crippen LogP contribution in [0.5, 0.6) is 5.88 Å². The Bertz CT molecular complexity index is 1190. The van der Waals surface area contributed by atoms with E-state index in [4.69, 9.17) is 9.47 Å². The summed E-state index contributed by atoms with van der Waals surface area (Å²) in [4.78, 5) is 8.41. The molecule has 10 heteroatoms. The molecule has 3 aromatic rings. The van der Waals surface area contributed by atoms with Crippen molar-refractivity contribution in [2.45, 2.75) is 37.4 Å². The molecule has 1 aliphatic rings. The van der Waals surface area contributed by atoms with Crippen LogP contribution in [0, 0.1) is 0 Å². The largest absolute Gasteiger partial charge is 0.472 e. The van der Waals surface area contributed by atoms with Gasteiger partial charge < -0.3 is 14.8 Å². The lowest BCUT2D eigenvalue weighted by Gasteiger charge is -2.17. The Morgan fingerprint density at radius 2 is 2.10 bits per heavy atom. The van der Waals surface area contributed by atoms with E-state index in [1.165, 1.54) is 11.1 Å². The van der Waals surface area contributed by atoms with Crippen molar-refractivity contribution in [3.8, 4) is 17.0 Å². The van der Waals surface area contributed by atoms with E-state index in [9.17, 15) is 8.42 Å². The number of aromatic nitrogens is 4. The van der Waals surface area contributed by atoms with Crippen LogP contribution in [0.2, 0.25) is 0 Å². The van der Waals surface area contributed by atoms with E-state index < -0.39 is 9.84 Å². The number of pyridine rings is 1. The second-order valence-electron chi connectivity index (χ2n) is 7.61. The maximum absolute atomic E-state index is 11.8. The van der Waals surface area contributed by atoms with Gasteiger partial charge >= 0.3 is 0 Å². The molecule has 0 saturated heterocycles. The monoisotopic (exact) mass is 443 g/mol. The maximum atomic E-state index is 11.8. The molecule has 0 aliphatic heterocycles. The lowest BCUT2D eigenvalue weighted by atomic mass is 9.98. The Balaban J connectivity index is 1.72. The van der Waals surface area contributed by atoms with Crippen LogP contribution in [0.15, 0.2) is 35.6 Å². The number of benzene rings is 1. The molecule has 0 saturated carbocycles. The summed E-state index contributed by atoms with van der Waals surface area (Å²) in [5.74, 6) is 0.715. The van der Waals surface area contributed by atoms with Gasteiger partial charge in [-0.15, -0.1) is 5.10 Å². The second-order valence-corrected chi connectivity index (χ2v) is 9.54. The number of methoxy groups -OCH3 is 1. The van der Waals surface area contributed by atoms with Crippen LogP contribution < -0.4 is 10.1 Å². The normalized spacial score (nSPS) is 14.3. The van der Waals surface area contributed by atoms with Crippen molar-refractivity contribution in [2.75, 3.05) is 25.3 Å². The summed E-state index contributed by atoms with van der Waals surface area (Å²) in [6.07, 6.45) is 5.66. The molecule has 9 nitrogen and oxygen atoms in total. The molecule has 0 amide bonds. The molecule has 1 atom stereocenters. The first-order valence-electron chi connectivity index (χ1n) is 10.0. The van der Waals surface area contributed by atoms with Gasteiger partial charge in [-0.05, 0) is 48.9 Å². The van der Waals surface area contributed by atoms with E-state index in [0.717, 1.165) is 42.3 Å². The number of rotatable bonds is 8. The van der Waals surface area contributed by atoms with Crippen LogP contribution in [-0.2, 0) is 27.4 Å². The molecule has 0 bridgehead atoms. The molecule has 0 spiro atoms. The van der Waals surface area contributed by atoms with Gasteiger partial charge in [0.1, 0.15) is 6.10 Å². The van der Waals surface area contributed by atoms with Crippen molar-refractivity contribution in [1.82, 2.24) is 20.2 Å². The van der Waals surface area contributed by atoms with E-state index in [0.29, 0.717) is 12.5 Å². The summed E-state index contributed by atoms with van der Waals surface area (Å²) in [5, 5.41) is 9.60. The average molecular weight is 444 g/mol. The number of hydrogen-bond acceptors (Lipinski definition) is 8. The molecule has 1 unspecified atom stereocenters. The fourth-order valence-electron chi connectivity index (χ4n) is 3.75. The predicted octanol–water partition coefficient (Wildman–Crippen LogP) is 2.92. The molecule has 164 valence electrons. The second kappa shape index (κ2) is 8.64. The minimum Gasteiger partial charge on any atom is -0.472 e. The molecule has 0 fully saturated rings. The smallest absolute Gasteiger partial charge is 0.247 e. The summed E-state index contributed by atoms with van der Waals surface area (Å²) in [6.45, 7) is 2.38. The van der Waals surface area contributed by atoms with Gasteiger partial charge in [0.2, 0.25) is 26.8 Å². The van der Waals surface area contributed by atoms with Gasteiger partial charge in [0.15, 0.2) is 0 Å². The van der Waals surface area contributed by atoms with Gasteiger partial charge in [-0.3, -0.25) is 0 Å². The van der Waals surface area contributed by atoms with Gasteiger partial charge in [-0.1, -0.05) is 12.1 Å². The minimum absolute atomic E-state index is 0.131. The molecule has 0 radical (unpaired) electrons. The predicted molar refractivity (Wildman–Crippen MR) is 116 cm³/mol. The van der Waals surface area contributed by atoms with Crippen LogP contribution in [-0.4, -0.2) is 54.7 Å². The number of aromatic amines is 1. The lowest BCUT2D eigenvalue weighted by Crippen LogP contribution is -2.18. The third-order valence-corrected chi connectivity index (χ3v) is 5.99. The number of anilines is 2. The van der Waals surface area contributed by atoms with Crippen LogP contribution >= 0.6 is 0 Å². The highest BCUT2D eigenvalue weighted by molar-refractivity contribution is 7.90. The van der Waals surface area contributed by atoms with Crippen LogP contribution in [0.25, 0.3) is 11.1 Å². The fraction of sp³-hybridized carbons (Fsp3) is 0.381. The van der Waals surface area contributed by atoms with Gasteiger partial charge in [0, 0.05) is 31.2 Å². The number of nitrogens with zero attached hydrogens (tertiary/aromatic N) is 3. The van der Waals surface area contributed by atoms with E-state index >= 15 is 0 Å². The van der Waals surface area contributed by atoms with Crippen molar-refractivity contribution in [3.63, 3.8) is 0 Å². The van der Waals surface area contributed by atoms with Crippen molar-refractivity contribution in [1.29, 1.82) is 0 Å². The molecule has 2 heterocycles. The average Bonchev–Trinajstić information content (AvgIpc) is 3.38. The zero-order valence-corrected chi connectivity index (χ0v) is 18.5. The standard InChI is InChI=1S/C21H25N5O4S/c1-13(12-29-2)30-18-11-15(9-10-22-18)17-8-7-14-5-4-6-16(14)19(17)23-20-24-21(26-25-20)31(3,27)28/h7-11,13H,4-6,12H2,1-3H3,(H2,23,24,25,26). The van der Waals surface area contributed by atoms with Crippen molar-refractivity contribution in [3.05, 3.63) is 41.6 Å². The van der Waals surface area contributed by atoms with Crippen LogP contribution in [0.4, 0.5) is 11.6 Å². The summed E-state index contributed by atoms with van der Waals surface area (Å²) >= 11 is 0. The van der Waals surface area contributed by atoms with E-state index in [1.54, 1.807) is 13.3 Å². The Kier molecular flexibility index (Phi) is 5.92. The Morgan fingerprint density at radius 3 is 2.84 bits per heavy atom. The highest BCUT2D eigenvalue weighted by Gasteiger charge is 2.21. The number of aryl methyl sites for hydroxylation is 1. The summed E-state index contributed by atoms with van der Waals surface area (Å²) in [5.41, 5.74) is 5.19. The first-order valence-corrected chi connectivity index (χ1v) is 11.9. The van der Waals surface area contributed by atoms with Gasteiger partial charge in [0.25, 0.3) is 0 Å². The number of sulfone groups is 1. The third kappa shape index (κ3) is 4.70. The van der Waals surface area contributed by atoms with Crippen LogP contribution in [0.3, 0.4) is 0 Å². The van der Waals surface area contributed by atoms with Crippen molar-refractivity contribution < 1.29 is 17.9 Å². The van der Waals surface area contributed by atoms with Gasteiger partial charge in [-0.25, -0.2) is 18.5 Å². The third-order valence-electron chi connectivity index (χ3n) is 5.10. The molecule has 2 aromatic heterocycles. The van der Waals surface area contributed by atoms with E-state index in [-0.39, 0.29) is 17.2 Å².